The molecule has 8 nitrogen and oxygen atoms in total. The van der Waals surface area contributed by atoms with Gasteiger partial charge in [0.1, 0.15) is 22.5 Å². The molecule has 0 radical (unpaired) electrons. The molecule has 1 aromatic carbocycles. The van der Waals surface area contributed by atoms with Crippen molar-refractivity contribution >= 4 is 40.1 Å². The highest BCUT2D eigenvalue weighted by molar-refractivity contribution is 8.15. The molecule has 2 heterocycles. The van der Waals surface area contributed by atoms with Gasteiger partial charge in [-0.15, -0.1) is 10.2 Å². The molecule has 3 rings (SSSR count). The quantitative estimate of drug-likeness (QED) is 0.549. The molecule has 2 amide bonds. The number of furan rings is 1. The van der Waals surface area contributed by atoms with Gasteiger partial charge in [-0.1, -0.05) is 11.8 Å². The van der Waals surface area contributed by atoms with E-state index in [2.05, 4.69) is 20.8 Å². The molecule has 1 atom stereocenters. The third kappa shape index (κ3) is 5.23. The number of anilines is 1. The Morgan fingerprint density at radius 1 is 1.32 bits per heavy atom. The van der Waals surface area contributed by atoms with Gasteiger partial charge in [0.25, 0.3) is 0 Å². The van der Waals surface area contributed by atoms with Crippen LogP contribution >= 0.6 is 11.8 Å². The summed E-state index contributed by atoms with van der Waals surface area (Å²) in [4.78, 5) is 24.3. The van der Waals surface area contributed by atoms with E-state index in [1.807, 2.05) is 6.92 Å². The summed E-state index contributed by atoms with van der Waals surface area (Å²) in [6.45, 7) is 4.24. The third-order valence-electron chi connectivity index (χ3n) is 3.76. The molecule has 1 aromatic heterocycles. The summed E-state index contributed by atoms with van der Waals surface area (Å²) >= 11 is 1.18. The lowest BCUT2D eigenvalue weighted by atomic mass is 10.2. The Labute approximate surface area is 166 Å². The summed E-state index contributed by atoms with van der Waals surface area (Å²) in [6.07, 6.45) is 1.58. The molecule has 1 fully saturated rings. The summed E-state index contributed by atoms with van der Waals surface area (Å²) in [5.41, 5.74) is 1.23. The van der Waals surface area contributed by atoms with Crippen molar-refractivity contribution in [3.05, 3.63) is 48.4 Å². The van der Waals surface area contributed by atoms with E-state index in [1.165, 1.54) is 11.8 Å². The highest BCUT2D eigenvalue weighted by Gasteiger charge is 2.32. The first-order valence-electron chi connectivity index (χ1n) is 8.71. The number of benzene rings is 1. The largest absolute Gasteiger partial charge is 0.494 e. The van der Waals surface area contributed by atoms with Crippen molar-refractivity contribution in [1.82, 2.24) is 5.32 Å². The fourth-order valence-corrected chi connectivity index (χ4v) is 3.34. The molecule has 2 aromatic rings. The van der Waals surface area contributed by atoms with E-state index in [9.17, 15) is 9.59 Å². The zero-order chi connectivity index (χ0) is 19.9. The second kappa shape index (κ2) is 9.23. The van der Waals surface area contributed by atoms with Gasteiger partial charge in [-0.3, -0.25) is 9.59 Å². The molecule has 9 heteroatoms. The Morgan fingerprint density at radius 2 is 2.11 bits per heavy atom. The van der Waals surface area contributed by atoms with E-state index >= 15 is 0 Å². The zero-order valence-corrected chi connectivity index (χ0v) is 16.3. The number of hydrogen-bond acceptors (Lipinski definition) is 7. The van der Waals surface area contributed by atoms with Crippen LogP contribution < -0.4 is 15.4 Å². The molecule has 0 spiro atoms. The maximum Gasteiger partial charge on any atom is 0.240 e. The van der Waals surface area contributed by atoms with E-state index in [0.29, 0.717) is 28.9 Å². The fourth-order valence-electron chi connectivity index (χ4n) is 2.42. The van der Waals surface area contributed by atoms with Crippen molar-refractivity contribution in [2.24, 2.45) is 10.2 Å². The average molecular weight is 400 g/mol. The van der Waals surface area contributed by atoms with Gasteiger partial charge in [-0.25, -0.2) is 0 Å². The molecule has 1 aliphatic rings. The Balaban J connectivity index is 1.54. The number of carbonyl (C=O) groups is 2. The summed E-state index contributed by atoms with van der Waals surface area (Å²) in [5, 5.41) is 13.3. The molecule has 0 unspecified atom stereocenters. The highest BCUT2D eigenvalue weighted by atomic mass is 32.2. The van der Waals surface area contributed by atoms with Crippen molar-refractivity contribution < 1.29 is 18.7 Å². The number of ether oxygens (including phenoxy) is 1. The molecule has 0 aliphatic carbocycles. The van der Waals surface area contributed by atoms with Crippen molar-refractivity contribution in [3.8, 4) is 5.75 Å². The minimum absolute atomic E-state index is 0.0314. The normalized spacial score (nSPS) is 18.2. The molecule has 28 heavy (non-hydrogen) atoms. The first kappa shape index (κ1) is 19.7. The Kier molecular flexibility index (Phi) is 6.49. The van der Waals surface area contributed by atoms with E-state index in [0.717, 1.165) is 5.75 Å². The maximum atomic E-state index is 12.2. The van der Waals surface area contributed by atoms with Crippen LogP contribution in [0.4, 0.5) is 5.69 Å². The summed E-state index contributed by atoms with van der Waals surface area (Å²) in [7, 11) is 0. The lowest BCUT2D eigenvalue weighted by molar-refractivity contribution is -0.122. The highest BCUT2D eigenvalue weighted by Crippen LogP contribution is 2.23. The molecular weight excluding hydrogens is 380 g/mol. The topological polar surface area (TPSA) is 105 Å². The van der Waals surface area contributed by atoms with Gasteiger partial charge in [0, 0.05) is 12.1 Å². The van der Waals surface area contributed by atoms with Crippen LogP contribution in [0.5, 0.6) is 5.75 Å². The van der Waals surface area contributed by atoms with Crippen LogP contribution in [0.15, 0.2) is 57.3 Å². The fraction of sp³-hybridized carbons (Fsp3) is 0.263. The van der Waals surface area contributed by atoms with Crippen LogP contribution in [-0.4, -0.2) is 34.6 Å². The monoisotopic (exact) mass is 400 g/mol. The van der Waals surface area contributed by atoms with E-state index < -0.39 is 5.25 Å². The number of thioether (sulfide) groups is 1. The summed E-state index contributed by atoms with van der Waals surface area (Å²) in [6, 6.07) is 10.6. The average Bonchev–Trinajstić information content (AvgIpc) is 3.32. The minimum atomic E-state index is -0.555. The first-order valence-corrected chi connectivity index (χ1v) is 9.59. The van der Waals surface area contributed by atoms with Crippen LogP contribution in [0.3, 0.4) is 0 Å². The number of amidine groups is 1. The Morgan fingerprint density at radius 3 is 2.79 bits per heavy atom. The lowest BCUT2D eigenvalue weighted by Gasteiger charge is -2.08. The van der Waals surface area contributed by atoms with E-state index in [4.69, 9.17) is 9.15 Å². The molecule has 0 bridgehead atoms. The number of rotatable bonds is 7. The SMILES string of the molecule is CCOc1ccc(NC(=O)C[C@@H]2S/C(=N/N=C(/C)c3ccco3)NC2=O)cc1. The maximum absolute atomic E-state index is 12.2. The summed E-state index contributed by atoms with van der Waals surface area (Å²) in [5.74, 6) is 0.812. The van der Waals surface area contributed by atoms with Crippen LogP contribution in [0.2, 0.25) is 0 Å². The molecule has 1 aliphatic heterocycles. The molecular formula is C19H20N4O4S. The van der Waals surface area contributed by atoms with Gasteiger partial charge in [-0.2, -0.15) is 0 Å². The Hall–Kier alpha value is -3.07. The second-order valence-electron chi connectivity index (χ2n) is 5.87. The van der Waals surface area contributed by atoms with Crippen molar-refractivity contribution in [2.45, 2.75) is 25.5 Å². The summed E-state index contributed by atoms with van der Waals surface area (Å²) < 4.78 is 10.6. The van der Waals surface area contributed by atoms with Gasteiger partial charge in [-0.05, 0) is 50.2 Å². The minimum Gasteiger partial charge on any atom is -0.494 e. The predicted molar refractivity (Wildman–Crippen MR) is 109 cm³/mol. The number of nitrogens with zero attached hydrogens (tertiary/aromatic N) is 2. The van der Waals surface area contributed by atoms with Crippen LogP contribution in [0, 0.1) is 0 Å². The molecule has 1 saturated heterocycles. The number of amides is 2. The predicted octanol–water partition coefficient (Wildman–Crippen LogP) is 3.02. The number of nitrogens with one attached hydrogen (secondary N) is 2. The van der Waals surface area contributed by atoms with Crippen LogP contribution in [0.25, 0.3) is 0 Å². The number of hydrogen-bond donors (Lipinski definition) is 2. The number of carbonyl (C=O) groups excluding carboxylic acids is 2. The van der Waals surface area contributed by atoms with Gasteiger partial charge < -0.3 is 19.8 Å². The third-order valence-corrected chi connectivity index (χ3v) is 4.84. The lowest BCUT2D eigenvalue weighted by Crippen LogP contribution is -2.28. The zero-order valence-electron chi connectivity index (χ0n) is 15.5. The van der Waals surface area contributed by atoms with Gasteiger partial charge in [0.2, 0.25) is 11.8 Å². The standard InChI is InChI=1S/C19H20N4O4S/c1-3-26-14-8-6-13(7-9-14)20-17(24)11-16-18(25)21-19(28-16)23-22-12(2)15-5-4-10-27-15/h4-10,16H,3,11H2,1-2H3,(H,20,24)(H,21,23,25)/b22-12-/t16-/m0/s1. The molecule has 0 saturated carbocycles. The van der Waals surface area contributed by atoms with Crippen LogP contribution in [-0.2, 0) is 9.59 Å². The van der Waals surface area contributed by atoms with Crippen molar-refractivity contribution in [1.29, 1.82) is 0 Å². The smallest absolute Gasteiger partial charge is 0.240 e. The van der Waals surface area contributed by atoms with Gasteiger partial charge in [0.05, 0.1) is 12.9 Å². The molecule has 146 valence electrons. The van der Waals surface area contributed by atoms with Crippen molar-refractivity contribution in [3.63, 3.8) is 0 Å². The first-order chi connectivity index (χ1) is 13.5. The second-order valence-corrected chi connectivity index (χ2v) is 7.06. The van der Waals surface area contributed by atoms with Crippen LogP contribution in [0.1, 0.15) is 26.0 Å². The Bertz CT molecular complexity index is 891. The van der Waals surface area contributed by atoms with Crippen molar-refractivity contribution in [2.75, 3.05) is 11.9 Å². The van der Waals surface area contributed by atoms with E-state index in [1.54, 1.807) is 49.6 Å². The van der Waals surface area contributed by atoms with Gasteiger partial charge >= 0.3 is 0 Å². The molecule has 2 N–H and O–H groups in total. The van der Waals surface area contributed by atoms with E-state index in [-0.39, 0.29) is 18.2 Å². The van der Waals surface area contributed by atoms with Gasteiger partial charge in [0.15, 0.2) is 5.17 Å².